The van der Waals surface area contributed by atoms with Gasteiger partial charge in [-0.25, -0.2) is 0 Å². The summed E-state index contributed by atoms with van der Waals surface area (Å²) >= 11 is 0. The fraction of sp³-hybridized carbons (Fsp3) is 0.667. The Morgan fingerprint density at radius 1 is 1.12 bits per heavy atom. The summed E-state index contributed by atoms with van der Waals surface area (Å²) in [7, 11) is 1.79. The first kappa shape index (κ1) is 21.5. The van der Waals surface area contributed by atoms with Crippen LogP contribution in [0.25, 0.3) is 0 Å². The maximum absolute atomic E-state index is 5.30. The average molecular weight is 471 g/mol. The van der Waals surface area contributed by atoms with E-state index in [1.807, 2.05) is 0 Å². The molecular formula is C21H34IN3O. The summed E-state index contributed by atoms with van der Waals surface area (Å²) in [4.78, 5) is 4.92. The molecule has 0 atom stereocenters. The standard InChI is InChI=1S/C21H33N3O.HI/c1-3-22-19(23-16-20(10-7-11-20)14-15-25-2)24-17-21(12-13-21)18-8-5-4-6-9-18;/h4-6,8-9H,3,7,10-17H2,1-2H3,(H2,22,23,24);1H. The minimum absolute atomic E-state index is 0. The Bertz CT molecular complexity index is 568. The van der Waals surface area contributed by atoms with Gasteiger partial charge >= 0.3 is 0 Å². The van der Waals surface area contributed by atoms with Crippen LogP contribution in [0.4, 0.5) is 0 Å². The van der Waals surface area contributed by atoms with E-state index in [0.29, 0.717) is 10.8 Å². The van der Waals surface area contributed by atoms with Crippen molar-refractivity contribution >= 4 is 29.9 Å². The highest BCUT2D eigenvalue weighted by atomic mass is 127. The number of guanidine groups is 1. The van der Waals surface area contributed by atoms with Gasteiger partial charge in [-0.1, -0.05) is 36.8 Å². The van der Waals surface area contributed by atoms with Crippen LogP contribution in [0, 0.1) is 5.41 Å². The van der Waals surface area contributed by atoms with E-state index in [1.54, 1.807) is 7.11 Å². The van der Waals surface area contributed by atoms with E-state index < -0.39 is 0 Å². The van der Waals surface area contributed by atoms with Crippen molar-refractivity contribution in [2.24, 2.45) is 10.4 Å². The highest BCUT2D eigenvalue weighted by Crippen LogP contribution is 2.47. The Morgan fingerprint density at radius 3 is 2.38 bits per heavy atom. The van der Waals surface area contributed by atoms with E-state index in [-0.39, 0.29) is 24.0 Å². The van der Waals surface area contributed by atoms with Gasteiger partial charge in [-0.15, -0.1) is 24.0 Å². The SMILES string of the molecule is CCNC(=NCC1(CCOC)CCC1)NCC1(c2ccccc2)CC1.I. The maximum Gasteiger partial charge on any atom is 0.191 e. The lowest BCUT2D eigenvalue weighted by Gasteiger charge is -2.40. The van der Waals surface area contributed by atoms with Gasteiger partial charge in [-0.2, -0.15) is 0 Å². The Kier molecular flexibility index (Phi) is 8.20. The van der Waals surface area contributed by atoms with E-state index in [0.717, 1.165) is 38.6 Å². The molecular weight excluding hydrogens is 437 g/mol. The molecule has 146 valence electrons. The monoisotopic (exact) mass is 471 g/mol. The number of methoxy groups -OCH3 is 1. The quantitative estimate of drug-likeness (QED) is 0.324. The van der Waals surface area contributed by atoms with Crippen LogP contribution in [0.2, 0.25) is 0 Å². The molecule has 2 fully saturated rings. The molecule has 3 rings (SSSR count). The van der Waals surface area contributed by atoms with Gasteiger partial charge < -0.3 is 15.4 Å². The summed E-state index contributed by atoms with van der Waals surface area (Å²) in [6, 6.07) is 10.9. The van der Waals surface area contributed by atoms with Gasteiger partial charge in [0.05, 0.1) is 0 Å². The second kappa shape index (κ2) is 9.93. The Balaban J connectivity index is 0.00000243. The summed E-state index contributed by atoms with van der Waals surface area (Å²) in [5.74, 6) is 0.966. The van der Waals surface area contributed by atoms with E-state index in [9.17, 15) is 0 Å². The van der Waals surface area contributed by atoms with Gasteiger partial charge in [0.15, 0.2) is 5.96 Å². The largest absolute Gasteiger partial charge is 0.385 e. The molecule has 0 spiro atoms. The lowest BCUT2D eigenvalue weighted by Crippen LogP contribution is -2.43. The summed E-state index contributed by atoms with van der Waals surface area (Å²) in [6.45, 7) is 5.75. The lowest BCUT2D eigenvalue weighted by molar-refractivity contribution is 0.0778. The minimum Gasteiger partial charge on any atom is -0.385 e. The molecule has 26 heavy (non-hydrogen) atoms. The molecule has 2 N–H and O–H groups in total. The van der Waals surface area contributed by atoms with Crippen LogP contribution in [-0.4, -0.2) is 39.3 Å². The first-order chi connectivity index (χ1) is 12.2. The smallest absolute Gasteiger partial charge is 0.191 e. The van der Waals surface area contributed by atoms with Gasteiger partial charge in [0.2, 0.25) is 0 Å². The minimum atomic E-state index is 0. The van der Waals surface area contributed by atoms with Gasteiger partial charge in [0, 0.05) is 38.8 Å². The van der Waals surface area contributed by atoms with Crippen molar-refractivity contribution in [2.45, 2.75) is 50.9 Å². The fourth-order valence-electron chi connectivity index (χ4n) is 3.83. The fourth-order valence-corrected chi connectivity index (χ4v) is 3.83. The van der Waals surface area contributed by atoms with Crippen LogP contribution < -0.4 is 10.6 Å². The second-order valence-electron chi connectivity index (χ2n) is 7.79. The van der Waals surface area contributed by atoms with Crippen molar-refractivity contribution in [3.63, 3.8) is 0 Å². The molecule has 0 aliphatic heterocycles. The van der Waals surface area contributed by atoms with Crippen LogP contribution in [0.15, 0.2) is 35.3 Å². The molecule has 0 radical (unpaired) electrons. The van der Waals surface area contributed by atoms with Crippen LogP contribution in [-0.2, 0) is 10.2 Å². The molecule has 2 saturated carbocycles. The normalized spacial score (nSPS) is 19.8. The zero-order chi connectivity index (χ0) is 17.6. The highest BCUT2D eigenvalue weighted by Gasteiger charge is 2.44. The summed E-state index contributed by atoms with van der Waals surface area (Å²) in [6.07, 6.45) is 7.56. The van der Waals surface area contributed by atoms with E-state index in [4.69, 9.17) is 9.73 Å². The molecule has 0 saturated heterocycles. The predicted octanol–water partition coefficient (Wildman–Crippen LogP) is 4.10. The van der Waals surface area contributed by atoms with Crippen LogP contribution in [0.1, 0.15) is 51.0 Å². The lowest BCUT2D eigenvalue weighted by atomic mass is 9.67. The van der Waals surface area contributed by atoms with Gasteiger partial charge in [-0.05, 0) is 50.0 Å². The van der Waals surface area contributed by atoms with E-state index in [1.165, 1.54) is 37.7 Å². The number of hydrogen-bond acceptors (Lipinski definition) is 2. The number of rotatable bonds is 9. The van der Waals surface area contributed by atoms with Crippen LogP contribution in [0.3, 0.4) is 0 Å². The molecule has 1 aromatic carbocycles. The third-order valence-corrected chi connectivity index (χ3v) is 6.00. The summed E-state index contributed by atoms with van der Waals surface area (Å²) < 4.78 is 5.30. The molecule has 5 heteroatoms. The second-order valence-corrected chi connectivity index (χ2v) is 7.79. The molecule has 0 amide bonds. The van der Waals surface area contributed by atoms with Gasteiger partial charge in [0.25, 0.3) is 0 Å². The number of halogens is 1. The highest BCUT2D eigenvalue weighted by molar-refractivity contribution is 14.0. The van der Waals surface area contributed by atoms with Crippen molar-refractivity contribution in [3.8, 4) is 0 Å². The Morgan fingerprint density at radius 2 is 1.85 bits per heavy atom. The Hall–Kier alpha value is -0.820. The first-order valence-corrected chi connectivity index (χ1v) is 9.79. The number of nitrogens with one attached hydrogen (secondary N) is 2. The number of ether oxygens (including phenoxy) is 1. The number of nitrogens with zero attached hydrogens (tertiary/aromatic N) is 1. The Labute approximate surface area is 175 Å². The third-order valence-electron chi connectivity index (χ3n) is 6.00. The van der Waals surface area contributed by atoms with Crippen molar-refractivity contribution in [3.05, 3.63) is 35.9 Å². The molecule has 2 aliphatic carbocycles. The van der Waals surface area contributed by atoms with Crippen molar-refractivity contribution < 1.29 is 4.74 Å². The predicted molar refractivity (Wildman–Crippen MR) is 120 cm³/mol. The number of aliphatic imine (C=N–C) groups is 1. The zero-order valence-corrected chi connectivity index (χ0v) is 18.6. The number of hydrogen-bond donors (Lipinski definition) is 2. The molecule has 0 aromatic heterocycles. The van der Waals surface area contributed by atoms with E-state index >= 15 is 0 Å². The van der Waals surface area contributed by atoms with Crippen molar-refractivity contribution in [1.82, 2.24) is 10.6 Å². The number of benzene rings is 1. The third kappa shape index (κ3) is 5.35. The summed E-state index contributed by atoms with van der Waals surface area (Å²) in [5.41, 5.74) is 2.13. The molecule has 1 aromatic rings. The molecule has 0 unspecified atom stereocenters. The average Bonchev–Trinajstić information content (AvgIpc) is 3.40. The maximum atomic E-state index is 5.30. The van der Waals surface area contributed by atoms with Crippen molar-refractivity contribution in [1.29, 1.82) is 0 Å². The molecule has 2 aliphatic rings. The van der Waals surface area contributed by atoms with E-state index in [2.05, 4.69) is 47.9 Å². The van der Waals surface area contributed by atoms with Gasteiger partial charge in [0.1, 0.15) is 0 Å². The molecule has 4 nitrogen and oxygen atoms in total. The van der Waals surface area contributed by atoms with Crippen molar-refractivity contribution in [2.75, 3.05) is 33.4 Å². The van der Waals surface area contributed by atoms with Gasteiger partial charge in [-0.3, -0.25) is 4.99 Å². The first-order valence-electron chi connectivity index (χ1n) is 9.79. The molecule has 0 heterocycles. The van der Waals surface area contributed by atoms with Crippen LogP contribution >= 0.6 is 24.0 Å². The molecule has 0 bridgehead atoms. The zero-order valence-electron chi connectivity index (χ0n) is 16.2. The topological polar surface area (TPSA) is 45.7 Å². The van der Waals surface area contributed by atoms with Crippen LogP contribution in [0.5, 0.6) is 0 Å². The summed E-state index contributed by atoms with van der Waals surface area (Å²) in [5, 5.41) is 7.03.